The van der Waals surface area contributed by atoms with Crippen LogP contribution in [-0.4, -0.2) is 61.1 Å². The first-order valence-electron chi connectivity index (χ1n) is 8.81. The van der Waals surface area contributed by atoms with Crippen molar-refractivity contribution in [2.24, 2.45) is 0 Å². The highest BCUT2D eigenvalue weighted by atomic mass is 35.5. The van der Waals surface area contributed by atoms with Crippen LogP contribution in [0.1, 0.15) is 25.3 Å². The standard InChI is InChI=1S/C18H26ClN3O2/c1-2-24-18-14(5-3-7-16(18)19)12-21-9-4-6-15(13-21)22-10-8-20-11-17(22)23/h3,5,7,15,20H,2,4,6,8-13H2,1H3. The molecule has 2 fully saturated rings. The number of carbonyl (C=O) groups is 1. The molecular weight excluding hydrogens is 326 g/mol. The van der Waals surface area contributed by atoms with E-state index in [0.29, 0.717) is 24.2 Å². The number of amides is 1. The number of nitrogens with one attached hydrogen (secondary N) is 1. The highest BCUT2D eigenvalue weighted by Crippen LogP contribution is 2.30. The highest BCUT2D eigenvalue weighted by Gasteiger charge is 2.30. The van der Waals surface area contributed by atoms with Crippen molar-refractivity contribution in [1.29, 1.82) is 0 Å². The van der Waals surface area contributed by atoms with Gasteiger partial charge in [0.15, 0.2) is 0 Å². The SMILES string of the molecule is CCOc1c(Cl)cccc1CN1CCCC(N2CCNCC2=O)C1. The lowest BCUT2D eigenvalue weighted by atomic mass is 10.0. The molecule has 3 rings (SSSR count). The number of halogens is 1. The third kappa shape index (κ3) is 4.02. The third-order valence-electron chi connectivity index (χ3n) is 4.78. The van der Waals surface area contributed by atoms with Crippen LogP contribution in [0.5, 0.6) is 5.75 Å². The predicted octanol–water partition coefficient (Wildman–Crippen LogP) is 2.13. The zero-order valence-corrected chi connectivity index (χ0v) is 15.0. The summed E-state index contributed by atoms with van der Waals surface area (Å²) in [5.41, 5.74) is 1.12. The molecule has 24 heavy (non-hydrogen) atoms. The first-order chi connectivity index (χ1) is 11.7. The monoisotopic (exact) mass is 351 g/mol. The number of ether oxygens (including phenoxy) is 1. The molecule has 0 aliphatic carbocycles. The van der Waals surface area contributed by atoms with Gasteiger partial charge in [-0.15, -0.1) is 0 Å². The molecule has 2 aliphatic rings. The van der Waals surface area contributed by atoms with Gasteiger partial charge in [-0.25, -0.2) is 0 Å². The van der Waals surface area contributed by atoms with Crippen LogP contribution in [0.15, 0.2) is 18.2 Å². The molecule has 0 spiro atoms. The van der Waals surface area contributed by atoms with Gasteiger partial charge in [0.1, 0.15) is 5.75 Å². The lowest BCUT2D eigenvalue weighted by Crippen LogP contribution is -2.56. The van der Waals surface area contributed by atoms with Crippen molar-refractivity contribution >= 4 is 17.5 Å². The second-order valence-electron chi connectivity index (χ2n) is 6.46. The minimum Gasteiger partial charge on any atom is -0.492 e. The second kappa shape index (κ2) is 8.19. The summed E-state index contributed by atoms with van der Waals surface area (Å²) in [6.45, 7) is 7.54. The van der Waals surface area contributed by atoms with E-state index in [-0.39, 0.29) is 5.91 Å². The lowest BCUT2D eigenvalue weighted by Gasteiger charge is -2.41. The van der Waals surface area contributed by atoms with Gasteiger partial charge in [0.2, 0.25) is 5.91 Å². The molecule has 2 aliphatic heterocycles. The maximum Gasteiger partial charge on any atom is 0.236 e. The van der Waals surface area contributed by atoms with E-state index >= 15 is 0 Å². The van der Waals surface area contributed by atoms with Gasteiger partial charge in [0.05, 0.1) is 18.2 Å². The van der Waals surface area contributed by atoms with Crippen molar-refractivity contribution < 1.29 is 9.53 Å². The molecule has 5 nitrogen and oxygen atoms in total. The summed E-state index contributed by atoms with van der Waals surface area (Å²) in [5, 5.41) is 3.81. The van der Waals surface area contributed by atoms with Crippen molar-refractivity contribution in [2.45, 2.75) is 32.4 Å². The Hall–Kier alpha value is -1.30. The van der Waals surface area contributed by atoms with Gasteiger partial charge in [-0.05, 0) is 32.4 Å². The summed E-state index contributed by atoms with van der Waals surface area (Å²) in [5.74, 6) is 1.02. The molecule has 0 radical (unpaired) electrons. The van der Waals surface area contributed by atoms with Gasteiger partial charge in [0.25, 0.3) is 0 Å². The second-order valence-corrected chi connectivity index (χ2v) is 6.86. The van der Waals surface area contributed by atoms with E-state index in [4.69, 9.17) is 16.3 Å². The number of hydrogen-bond donors (Lipinski definition) is 1. The van der Waals surface area contributed by atoms with Crippen LogP contribution >= 0.6 is 11.6 Å². The molecule has 6 heteroatoms. The molecule has 0 aromatic heterocycles. The Balaban J connectivity index is 1.67. The van der Waals surface area contributed by atoms with Crippen LogP contribution in [0.2, 0.25) is 5.02 Å². The molecular formula is C18H26ClN3O2. The topological polar surface area (TPSA) is 44.8 Å². The zero-order valence-electron chi connectivity index (χ0n) is 14.3. The maximum atomic E-state index is 12.1. The Morgan fingerprint density at radius 2 is 2.25 bits per heavy atom. The van der Waals surface area contributed by atoms with Crippen molar-refractivity contribution in [3.05, 3.63) is 28.8 Å². The summed E-state index contributed by atoms with van der Waals surface area (Å²) >= 11 is 6.29. The number of rotatable bonds is 5. The molecule has 1 aromatic carbocycles. The number of carbonyl (C=O) groups excluding carboxylic acids is 1. The van der Waals surface area contributed by atoms with E-state index in [9.17, 15) is 4.79 Å². The summed E-state index contributed by atoms with van der Waals surface area (Å²) < 4.78 is 5.74. The summed E-state index contributed by atoms with van der Waals surface area (Å²) in [7, 11) is 0. The number of piperidine rings is 1. The summed E-state index contributed by atoms with van der Waals surface area (Å²) in [6.07, 6.45) is 2.21. The number of likely N-dealkylation sites (tertiary alicyclic amines) is 1. The van der Waals surface area contributed by atoms with Gasteiger partial charge in [-0.3, -0.25) is 9.69 Å². The average Bonchev–Trinajstić information content (AvgIpc) is 2.59. The van der Waals surface area contributed by atoms with Crippen LogP contribution in [0.3, 0.4) is 0 Å². The van der Waals surface area contributed by atoms with Crippen molar-refractivity contribution in [3.63, 3.8) is 0 Å². The van der Waals surface area contributed by atoms with Crippen molar-refractivity contribution in [1.82, 2.24) is 15.1 Å². The van der Waals surface area contributed by atoms with Gasteiger partial charge < -0.3 is 15.0 Å². The molecule has 0 saturated carbocycles. The fourth-order valence-electron chi connectivity index (χ4n) is 3.66. The minimum atomic E-state index is 0.228. The largest absolute Gasteiger partial charge is 0.492 e. The molecule has 2 saturated heterocycles. The average molecular weight is 352 g/mol. The lowest BCUT2D eigenvalue weighted by molar-refractivity contribution is -0.135. The minimum absolute atomic E-state index is 0.228. The molecule has 2 heterocycles. The molecule has 1 unspecified atom stereocenters. The van der Waals surface area contributed by atoms with Gasteiger partial charge in [-0.2, -0.15) is 0 Å². The Morgan fingerprint density at radius 3 is 3.04 bits per heavy atom. The number of piperazine rings is 1. The number of para-hydroxylation sites is 1. The maximum absolute atomic E-state index is 12.1. The van der Waals surface area contributed by atoms with E-state index < -0.39 is 0 Å². The predicted molar refractivity (Wildman–Crippen MR) is 95.5 cm³/mol. The van der Waals surface area contributed by atoms with Gasteiger partial charge in [-0.1, -0.05) is 23.7 Å². The van der Waals surface area contributed by atoms with E-state index in [1.807, 2.05) is 19.1 Å². The normalized spacial score (nSPS) is 22.7. The quantitative estimate of drug-likeness (QED) is 0.882. The molecule has 1 atom stereocenters. The summed E-state index contributed by atoms with van der Waals surface area (Å²) in [6, 6.07) is 6.25. The van der Waals surface area contributed by atoms with E-state index in [2.05, 4.69) is 21.2 Å². The summed E-state index contributed by atoms with van der Waals surface area (Å²) in [4.78, 5) is 16.6. The fraction of sp³-hybridized carbons (Fsp3) is 0.611. The molecule has 1 aromatic rings. The third-order valence-corrected chi connectivity index (χ3v) is 5.08. The Labute approximate surface area is 148 Å². The van der Waals surface area contributed by atoms with Crippen molar-refractivity contribution in [2.75, 3.05) is 39.3 Å². The van der Waals surface area contributed by atoms with Crippen LogP contribution in [-0.2, 0) is 11.3 Å². The number of nitrogens with zero attached hydrogens (tertiary/aromatic N) is 2. The molecule has 1 amide bonds. The Morgan fingerprint density at radius 1 is 1.38 bits per heavy atom. The molecule has 0 bridgehead atoms. The first-order valence-corrected chi connectivity index (χ1v) is 9.19. The van der Waals surface area contributed by atoms with Crippen LogP contribution in [0.4, 0.5) is 0 Å². The van der Waals surface area contributed by atoms with E-state index in [1.54, 1.807) is 0 Å². The van der Waals surface area contributed by atoms with E-state index in [0.717, 1.165) is 56.9 Å². The smallest absolute Gasteiger partial charge is 0.236 e. The van der Waals surface area contributed by atoms with Crippen LogP contribution in [0, 0.1) is 0 Å². The molecule has 132 valence electrons. The number of benzene rings is 1. The highest BCUT2D eigenvalue weighted by molar-refractivity contribution is 6.32. The van der Waals surface area contributed by atoms with Crippen molar-refractivity contribution in [3.8, 4) is 5.75 Å². The van der Waals surface area contributed by atoms with Gasteiger partial charge >= 0.3 is 0 Å². The Kier molecular flexibility index (Phi) is 5.98. The fourth-order valence-corrected chi connectivity index (χ4v) is 3.91. The number of hydrogen-bond acceptors (Lipinski definition) is 4. The first kappa shape index (κ1) is 17.5. The molecule has 1 N–H and O–H groups in total. The van der Waals surface area contributed by atoms with Crippen LogP contribution < -0.4 is 10.1 Å². The zero-order chi connectivity index (χ0) is 16.9. The van der Waals surface area contributed by atoms with Crippen LogP contribution in [0.25, 0.3) is 0 Å². The van der Waals surface area contributed by atoms with E-state index in [1.165, 1.54) is 0 Å². The Bertz CT molecular complexity index is 581. The van der Waals surface area contributed by atoms with Gasteiger partial charge in [0, 0.05) is 37.8 Å².